The maximum absolute atomic E-state index is 13.5. The standard InChI is InChI=1S/C46H52N10O4.2H2/c1-4-21-55-43(59)37-26-47-44(51-41(37)56(55)38-15-7-30-17-20-45(2,60)40(30)49-38)48-31-8-12-34(13-9-31)54-27-46(28-54)24-35(25-46)52(3)32-18-22-53(23-19-32)33-10-5-29(6-11-33)36-14-16-39(57)50-42(36)58;;/h4-13,15,26,32,35-36,60H,1,14,16-25,27-28H2,2-3H3,(H,47,48,51)(H,50,57,58);2*1H/t36?,45-;;/m1../s1. The summed E-state index contributed by atoms with van der Waals surface area (Å²) in [5.41, 5.74) is 5.43. The summed E-state index contributed by atoms with van der Waals surface area (Å²) in [5.74, 6) is 0.263. The number of hydrogen-bond acceptors (Lipinski definition) is 11. The molecule has 10 rings (SSSR count). The second kappa shape index (κ2) is 14.7. The number of imide groups is 1. The Balaban J connectivity index is 0.00000264. The van der Waals surface area contributed by atoms with Crippen LogP contribution >= 0.6 is 0 Å². The van der Waals surface area contributed by atoms with Crippen molar-refractivity contribution in [3.05, 3.63) is 107 Å². The SMILES string of the molecule is C=CCn1c(=O)c2cnc(Nc3ccc(N4CC5(CC(N(C)C6CCN(c7ccc(C8CCC(=O)NC8=O)cc7)CC6)C5)C4)cc3)nc2n1-c1ccc2c(n1)[C@](C)(O)CC2.[HH].[HH]. The third-order valence-electron chi connectivity index (χ3n) is 13.9. The van der Waals surface area contributed by atoms with E-state index in [-0.39, 0.29) is 32.7 Å². The van der Waals surface area contributed by atoms with Crippen LogP contribution in [-0.2, 0) is 28.2 Å². The number of carbonyl (C=O) groups is 2. The van der Waals surface area contributed by atoms with Crippen LogP contribution in [0.5, 0.6) is 0 Å². The van der Waals surface area contributed by atoms with Gasteiger partial charge in [0.15, 0.2) is 11.5 Å². The van der Waals surface area contributed by atoms with Crippen LogP contribution in [-0.4, -0.2) is 91.4 Å². The number of hydrogen-bond donors (Lipinski definition) is 3. The first-order valence-electron chi connectivity index (χ1n) is 21.3. The third kappa shape index (κ3) is 6.75. The Morgan fingerprint density at radius 3 is 2.37 bits per heavy atom. The van der Waals surface area contributed by atoms with Crippen molar-refractivity contribution in [3.63, 3.8) is 0 Å². The predicted molar refractivity (Wildman–Crippen MR) is 235 cm³/mol. The van der Waals surface area contributed by atoms with Gasteiger partial charge in [-0.25, -0.2) is 19.3 Å². The average Bonchev–Trinajstić information content (AvgIpc) is 3.68. The Morgan fingerprint density at radius 2 is 1.65 bits per heavy atom. The molecule has 3 N–H and O–H groups in total. The summed E-state index contributed by atoms with van der Waals surface area (Å²) in [6.07, 6.45) is 10.3. The fourth-order valence-corrected chi connectivity index (χ4v) is 10.4. The highest BCUT2D eigenvalue weighted by Crippen LogP contribution is 2.52. The molecular formula is C46H56N10O4. The van der Waals surface area contributed by atoms with E-state index in [2.05, 4.69) is 80.3 Å². The molecule has 1 spiro atoms. The van der Waals surface area contributed by atoms with E-state index in [1.807, 2.05) is 24.3 Å². The van der Waals surface area contributed by atoms with E-state index in [0.29, 0.717) is 65.3 Å². The smallest absolute Gasteiger partial charge is 0.278 e. The van der Waals surface area contributed by atoms with E-state index in [1.54, 1.807) is 28.6 Å². The summed E-state index contributed by atoms with van der Waals surface area (Å²) in [4.78, 5) is 59.1. The summed E-state index contributed by atoms with van der Waals surface area (Å²) in [6, 6.07) is 21.8. The molecule has 6 heterocycles. The van der Waals surface area contributed by atoms with Gasteiger partial charge >= 0.3 is 0 Å². The minimum absolute atomic E-state index is 0. The molecule has 2 aliphatic carbocycles. The normalized spacial score (nSPS) is 22.8. The zero-order valence-corrected chi connectivity index (χ0v) is 34.3. The molecule has 60 heavy (non-hydrogen) atoms. The Labute approximate surface area is 351 Å². The van der Waals surface area contributed by atoms with Gasteiger partial charge in [-0.2, -0.15) is 4.98 Å². The van der Waals surface area contributed by atoms with Gasteiger partial charge in [0.25, 0.3) is 5.56 Å². The summed E-state index contributed by atoms with van der Waals surface area (Å²) in [5, 5.41) is 17.2. The van der Waals surface area contributed by atoms with Gasteiger partial charge in [-0.1, -0.05) is 24.3 Å². The maximum atomic E-state index is 13.5. The van der Waals surface area contributed by atoms with Crippen molar-refractivity contribution in [1.82, 2.24) is 34.5 Å². The van der Waals surface area contributed by atoms with E-state index < -0.39 is 5.60 Å². The first-order chi connectivity index (χ1) is 29.0. The number of nitrogens with one attached hydrogen (secondary N) is 2. The van der Waals surface area contributed by atoms with Gasteiger partial charge < -0.3 is 25.1 Å². The van der Waals surface area contributed by atoms with Crippen LogP contribution in [0.2, 0.25) is 0 Å². The van der Waals surface area contributed by atoms with Crippen molar-refractivity contribution in [1.29, 1.82) is 0 Å². The molecule has 3 aromatic heterocycles. The number of fused-ring (bicyclic) bond motifs is 2. The minimum Gasteiger partial charge on any atom is -0.384 e. The van der Waals surface area contributed by atoms with E-state index in [1.165, 1.54) is 24.2 Å². The van der Waals surface area contributed by atoms with Gasteiger partial charge in [0.05, 0.1) is 18.2 Å². The molecule has 3 aliphatic heterocycles. The number of aryl methyl sites for hydroxylation is 1. The average molecular weight is 813 g/mol. The molecule has 14 nitrogen and oxygen atoms in total. The fourth-order valence-electron chi connectivity index (χ4n) is 10.4. The molecule has 5 aromatic rings. The van der Waals surface area contributed by atoms with Crippen molar-refractivity contribution < 1.29 is 17.5 Å². The van der Waals surface area contributed by atoms with Crippen molar-refractivity contribution in [2.45, 2.75) is 88.4 Å². The lowest BCUT2D eigenvalue weighted by atomic mass is 9.60. The van der Waals surface area contributed by atoms with Gasteiger partial charge in [-0.3, -0.25) is 19.7 Å². The van der Waals surface area contributed by atoms with Crippen LogP contribution in [0.3, 0.4) is 0 Å². The molecule has 0 radical (unpaired) electrons. The molecule has 4 fully saturated rings. The topological polar surface area (TPSA) is 154 Å². The molecule has 0 bridgehead atoms. The number of benzene rings is 2. The summed E-state index contributed by atoms with van der Waals surface area (Å²) in [6.45, 7) is 10.1. The molecule has 2 amide bonds. The zero-order chi connectivity index (χ0) is 41.3. The quantitative estimate of drug-likeness (QED) is 0.119. The van der Waals surface area contributed by atoms with Crippen molar-refractivity contribution in [2.75, 3.05) is 48.3 Å². The molecule has 1 unspecified atom stereocenters. The largest absolute Gasteiger partial charge is 0.384 e. The molecule has 314 valence electrons. The lowest BCUT2D eigenvalue weighted by Crippen LogP contribution is -2.67. The molecule has 5 aliphatic rings. The Bertz CT molecular complexity index is 2550. The van der Waals surface area contributed by atoms with Gasteiger partial charge in [0.2, 0.25) is 17.8 Å². The Morgan fingerprint density at radius 1 is 0.933 bits per heavy atom. The Kier molecular flexibility index (Phi) is 9.39. The lowest BCUT2D eigenvalue weighted by molar-refractivity contribution is -0.134. The van der Waals surface area contributed by atoms with E-state index in [0.717, 1.165) is 62.3 Å². The number of carbonyl (C=O) groups excluding carboxylic acids is 2. The van der Waals surface area contributed by atoms with E-state index in [9.17, 15) is 19.5 Å². The maximum Gasteiger partial charge on any atom is 0.278 e. The highest BCUT2D eigenvalue weighted by Gasteiger charge is 2.54. The second-order valence-corrected chi connectivity index (χ2v) is 17.9. The third-order valence-corrected chi connectivity index (χ3v) is 13.9. The monoisotopic (exact) mass is 812 g/mol. The number of aliphatic hydroxyl groups is 1. The minimum atomic E-state index is -1.03. The van der Waals surface area contributed by atoms with Crippen molar-refractivity contribution in [3.8, 4) is 5.82 Å². The van der Waals surface area contributed by atoms with Crippen LogP contribution in [0.15, 0.2) is 84.3 Å². The van der Waals surface area contributed by atoms with Crippen LogP contribution in [0.25, 0.3) is 16.9 Å². The molecule has 2 aromatic carbocycles. The predicted octanol–water partition coefficient (Wildman–Crippen LogP) is 5.64. The summed E-state index contributed by atoms with van der Waals surface area (Å²) >= 11 is 0. The van der Waals surface area contributed by atoms with E-state index >= 15 is 0 Å². The van der Waals surface area contributed by atoms with Gasteiger partial charge in [-0.15, -0.1) is 6.58 Å². The molecular weight excluding hydrogens is 757 g/mol. The van der Waals surface area contributed by atoms with Crippen LogP contribution in [0, 0.1) is 5.41 Å². The molecule has 1 saturated carbocycles. The first-order valence-corrected chi connectivity index (χ1v) is 21.3. The van der Waals surface area contributed by atoms with Crippen molar-refractivity contribution >= 4 is 45.9 Å². The number of aromatic nitrogens is 5. The number of piperidine rings is 2. The number of nitrogens with zero attached hydrogens (tertiary/aromatic N) is 8. The Hall–Kier alpha value is -5.86. The number of rotatable bonds is 10. The summed E-state index contributed by atoms with van der Waals surface area (Å²) < 4.78 is 3.25. The number of amides is 2. The first kappa shape index (κ1) is 38.3. The number of allylic oxidation sites excluding steroid dienone is 1. The molecule has 14 heteroatoms. The van der Waals surface area contributed by atoms with Gasteiger partial charge in [0.1, 0.15) is 11.0 Å². The highest BCUT2D eigenvalue weighted by atomic mass is 16.3. The lowest BCUT2D eigenvalue weighted by Gasteiger charge is -2.62. The van der Waals surface area contributed by atoms with Crippen LogP contribution < -0.4 is 26.0 Å². The van der Waals surface area contributed by atoms with Gasteiger partial charge in [0, 0.05) is 76.2 Å². The van der Waals surface area contributed by atoms with Crippen LogP contribution in [0.1, 0.15) is 77.5 Å². The van der Waals surface area contributed by atoms with Crippen molar-refractivity contribution in [2.24, 2.45) is 5.41 Å². The molecule has 3 saturated heterocycles. The zero-order valence-electron chi connectivity index (χ0n) is 34.3. The van der Waals surface area contributed by atoms with Gasteiger partial charge in [-0.05, 0) is 113 Å². The van der Waals surface area contributed by atoms with E-state index in [4.69, 9.17) is 9.97 Å². The second-order valence-electron chi connectivity index (χ2n) is 17.9. The fraction of sp³-hybridized carbons (Fsp3) is 0.435. The van der Waals surface area contributed by atoms with Crippen LogP contribution in [0.4, 0.5) is 23.0 Å². The molecule has 2 atom stereocenters. The highest BCUT2D eigenvalue weighted by molar-refractivity contribution is 6.01. The number of pyridine rings is 1. The number of anilines is 4. The summed E-state index contributed by atoms with van der Waals surface area (Å²) in [7, 11) is 2.32.